The van der Waals surface area contributed by atoms with Crippen molar-refractivity contribution in [3.8, 4) is 0 Å². The van der Waals surface area contributed by atoms with Crippen LogP contribution in [0.1, 0.15) is 40.5 Å². The van der Waals surface area contributed by atoms with Gasteiger partial charge < -0.3 is 10.6 Å². The van der Waals surface area contributed by atoms with Gasteiger partial charge >= 0.3 is 0 Å². The molecule has 1 aliphatic carbocycles. The van der Waals surface area contributed by atoms with Crippen LogP contribution in [0.15, 0.2) is 77.7 Å². The molecule has 0 heterocycles. The summed E-state index contributed by atoms with van der Waals surface area (Å²) < 4.78 is 27.9. The minimum Gasteiger partial charge on any atom is -0.349 e. The molecule has 1 aliphatic rings. The lowest BCUT2D eigenvalue weighted by molar-refractivity contribution is 0.0949. The molecule has 0 bridgehead atoms. The second-order valence-corrected chi connectivity index (χ2v) is 10.2. The molecule has 176 valence electrons. The van der Waals surface area contributed by atoms with Gasteiger partial charge in [-0.25, -0.2) is 8.42 Å². The maximum absolute atomic E-state index is 13.3. The summed E-state index contributed by atoms with van der Waals surface area (Å²) in [7, 11) is -3.93. The zero-order valence-corrected chi connectivity index (χ0v) is 20.1. The Bertz CT molecular complexity index is 1320. The van der Waals surface area contributed by atoms with Crippen LogP contribution in [0.5, 0.6) is 0 Å². The van der Waals surface area contributed by atoms with Crippen molar-refractivity contribution in [1.82, 2.24) is 5.32 Å². The summed E-state index contributed by atoms with van der Waals surface area (Å²) >= 11 is 6.25. The van der Waals surface area contributed by atoms with Crippen LogP contribution in [0.2, 0.25) is 5.02 Å². The number of para-hydroxylation sites is 1. The molecule has 0 radical (unpaired) electrons. The van der Waals surface area contributed by atoms with Gasteiger partial charge in [-0.3, -0.25) is 13.9 Å². The van der Waals surface area contributed by atoms with Gasteiger partial charge in [0.2, 0.25) is 0 Å². The quantitative estimate of drug-likeness (QED) is 0.471. The predicted molar refractivity (Wildman–Crippen MR) is 133 cm³/mol. The molecule has 3 aromatic rings. The molecular weight excluding hydrogens is 474 g/mol. The minimum atomic E-state index is -3.93. The number of sulfonamides is 1. The Hall–Kier alpha value is -3.36. The van der Waals surface area contributed by atoms with Crippen molar-refractivity contribution in [2.75, 3.05) is 16.2 Å². The second kappa shape index (κ2) is 9.87. The maximum atomic E-state index is 13.3. The molecule has 0 spiro atoms. The molecule has 3 aromatic carbocycles. The van der Waals surface area contributed by atoms with Gasteiger partial charge in [0.05, 0.1) is 21.2 Å². The van der Waals surface area contributed by atoms with Crippen molar-refractivity contribution in [3.05, 3.63) is 88.9 Å². The number of hydrogen-bond acceptors (Lipinski definition) is 4. The number of amides is 2. The number of halogens is 1. The highest BCUT2D eigenvalue weighted by Gasteiger charge is 2.26. The van der Waals surface area contributed by atoms with Crippen LogP contribution < -0.4 is 14.9 Å². The van der Waals surface area contributed by atoms with Crippen molar-refractivity contribution < 1.29 is 18.0 Å². The van der Waals surface area contributed by atoms with E-state index in [2.05, 4.69) is 10.6 Å². The van der Waals surface area contributed by atoms with Gasteiger partial charge in [-0.15, -0.1) is 0 Å². The summed E-state index contributed by atoms with van der Waals surface area (Å²) in [5.41, 5.74) is 1.36. The van der Waals surface area contributed by atoms with E-state index in [0.717, 1.165) is 12.8 Å². The lowest BCUT2D eigenvalue weighted by Gasteiger charge is -2.23. The molecule has 2 amide bonds. The second-order valence-electron chi connectivity index (χ2n) is 7.93. The molecule has 7 nitrogen and oxygen atoms in total. The van der Waals surface area contributed by atoms with E-state index in [9.17, 15) is 18.0 Å². The van der Waals surface area contributed by atoms with Gasteiger partial charge in [0, 0.05) is 23.8 Å². The average Bonchev–Trinajstić information content (AvgIpc) is 3.64. The Morgan fingerprint density at radius 1 is 0.971 bits per heavy atom. The SMILES string of the molecule is CCN(c1ccccc1)S(=O)(=O)c1ccc(Cl)c(C(=O)Nc2cccc(C(=O)NC3CC3)c2)c1. The van der Waals surface area contributed by atoms with E-state index in [-0.39, 0.29) is 34.0 Å². The van der Waals surface area contributed by atoms with Gasteiger partial charge in [-0.2, -0.15) is 0 Å². The van der Waals surface area contributed by atoms with E-state index in [1.54, 1.807) is 61.5 Å². The lowest BCUT2D eigenvalue weighted by atomic mass is 10.1. The van der Waals surface area contributed by atoms with E-state index in [1.807, 2.05) is 0 Å². The summed E-state index contributed by atoms with van der Waals surface area (Å²) in [6, 6.07) is 19.5. The first kappa shape index (κ1) is 23.8. The third kappa shape index (κ3) is 5.24. The zero-order chi connectivity index (χ0) is 24.3. The number of carbonyl (C=O) groups is 2. The highest BCUT2D eigenvalue weighted by Crippen LogP contribution is 2.27. The van der Waals surface area contributed by atoms with Gasteiger partial charge in [-0.1, -0.05) is 35.9 Å². The minimum absolute atomic E-state index is 0.0136. The van der Waals surface area contributed by atoms with Crippen molar-refractivity contribution in [3.63, 3.8) is 0 Å². The van der Waals surface area contributed by atoms with Gasteiger partial charge in [0.25, 0.3) is 21.8 Å². The molecule has 4 rings (SSSR count). The Morgan fingerprint density at radius 3 is 2.38 bits per heavy atom. The molecule has 0 atom stereocenters. The van der Waals surface area contributed by atoms with Gasteiger partial charge in [0.1, 0.15) is 0 Å². The van der Waals surface area contributed by atoms with Crippen LogP contribution in [0.25, 0.3) is 0 Å². The van der Waals surface area contributed by atoms with Crippen LogP contribution in [0.4, 0.5) is 11.4 Å². The number of anilines is 2. The number of rotatable bonds is 8. The summed E-state index contributed by atoms with van der Waals surface area (Å²) in [6.45, 7) is 1.95. The molecule has 0 aliphatic heterocycles. The Labute approximate surface area is 203 Å². The number of hydrogen-bond donors (Lipinski definition) is 2. The van der Waals surface area contributed by atoms with E-state index in [1.165, 1.54) is 22.5 Å². The van der Waals surface area contributed by atoms with Crippen molar-refractivity contribution >= 4 is 44.8 Å². The number of benzene rings is 3. The predicted octanol–water partition coefficient (Wildman–Crippen LogP) is 4.70. The van der Waals surface area contributed by atoms with E-state index in [0.29, 0.717) is 16.9 Å². The molecule has 34 heavy (non-hydrogen) atoms. The molecule has 2 N–H and O–H groups in total. The van der Waals surface area contributed by atoms with Crippen molar-refractivity contribution in [1.29, 1.82) is 0 Å². The molecule has 0 aromatic heterocycles. The summed E-state index contributed by atoms with van der Waals surface area (Å²) in [4.78, 5) is 25.2. The molecular formula is C25H24ClN3O4S. The Kier molecular flexibility index (Phi) is 6.90. The van der Waals surface area contributed by atoms with Crippen LogP contribution in [0.3, 0.4) is 0 Å². The lowest BCUT2D eigenvalue weighted by Crippen LogP contribution is -2.31. The van der Waals surface area contributed by atoms with Gasteiger partial charge in [0.15, 0.2) is 0 Å². The van der Waals surface area contributed by atoms with Crippen LogP contribution in [0, 0.1) is 0 Å². The summed E-state index contributed by atoms with van der Waals surface area (Å²) in [5, 5.41) is 5.72. The first-order valence-electron chi connectivity index (χ1n) is 10.9. The largest absolute Gasteiger partial charge is 0.349 e. The first-order chi connectivity index (χ1) is 16.3. The van der Waals surface area contributed by atoms with Crippen LogP contribution >= 0.6 is 11.6 Å². The number of carbonyl (C=O) groups excluding carboxylic acids is 2. The highest BCUT2D eigenvalue weighted by molar-refractivity contribution is 7.92. The fourth-order valence-electron chi connectivity index (χ4n) is 3.48. The van der Waals surface area contributed by atoms with E-state index < -0.39 is 15.9 Å². The fourth-order valence-corrected chi connectivity index (χ4v) is 5.19. The molecule has 1 saturated carbocycles. The molecule has 1 fully saturated rings. The highest BCUT2D eigenvalue weighted by atomic mass is 35.5. The zero-order valence-electron chi connectivity index (χ0n) is 18.5. The standard InChI is InChI=1S/C25H24ClN3O4S/c1-2-29(20-9-4-3-5-10-20)34(32,33)21-13-14-23(26)22(16-21)25(31)28-19-8-6-7-17(15-19)24(30)27-18-11-12-18/h3-10,13-16,18H,2,11-12H2,1H3,(H,27,30)(H,28,31). The maximum Gasteiger partial charge on any atom is 0.264 e. The summed E-state index contributed by atoms with van der Waals surface area (Å²) in [6.07, 6.45) is 1.94. The monoisotopic (exact) mass is 497 g/mol. The first-order valence-corrected chi connectivity index (χ1v) is 12.7. The Balaban J connectivity index is 1.58. The third-order valence-corrected chi connectivity index (χ3v) is 7.63. The van der Waals surface area contributed by atoms with Crippen LogP contribution in [-0.4, -0.2) is 32.8 Å². The Morgan fingerprint density at radius 2 is 1.71 bits per heavy atom. The van der Waals surface area contributed by atoms with Crippen molar-refractivity contribution in [2.45, 2.75) is 30.7 Å². The van der Waals surface area contributed by atoms with Crippen LogP contribution in [-0.2, 0) is 10.0 Å². The molecule has 0 unspecified atom stereocenters. The third-order valence-electron chi connectivity index (χ3n) is 5.40. The van der Waals surface area contributed by atoms with Gasteiger partial charge in [-0.05, 0) is 68.3 Å². The van der Waals surface area contributed by atoms with E-state index in [4.69, 9.17) is 11.6 Å². The number of nitrogens with zero attached hydrogens (tertiary/aromatic N) is 1. The normalized spacial score (nSPS) is 13.2. The number of nitrogens with one attached hydrogen (secondary N) is 2. The molecule has 0 saturated heterocycles. The fraction of sp³-hybridized carbons (Fsp3) is 0.200. The smallest absolute Gasteiger partial charge is 0.264 e. The van der Waals surface area contributed by atoms with E-state index >= 15 is 0 Å². The summed E-state index contributed by atoms with van der Waals surface area (Å²) in [5.74, 6) is -0.783. The topological polar surface area (TPSA) is 95.6 Å². The average molecular weight is 498 g/mol. The molecule has 9 heteroatoms. The van der Waals surface area contributed by atoms with Crippen molar-refractivity contribution in [2.24, 2.45) is 0 Å².